The molecule has 1 aromatic heterocycles. The zero-order valence-electron chi connectivity index (χ0n) is 9.42. The average Bonchev–Trinajstić information content (AvgIpc) is 2.25. The molecule has 0 amide bonds. The normalized spacial score (nSPS) is 16.4. The lowest BCUT2D eigenvalue weighted by Crippen LogP contribution is -2.38. The fourth-order valence-electron chi connectivity index (χ4n) is 2.14. The van der Waals surface area contributed by atoms with Gasteiger partial charge >= 0.3 is 5.95 Å². The summed E-state index contributed by atoms with van der Waals surface area (Å²) in [6.45, 7) is 1.75. The summed E-state index contributed by atoms with van der Waals surface area (Å²) in [6.07, 6.45) is 4.71. The molecule has 0 saturated heterocycles. The Bertz CT molecular complexity index is 442. The summed E-state index contributed by atoms with van der Waals surface area (Å²) in [6, 6.07) is 0. The van der Waals surface area contributed by atoms with Crippen LogP contribution in [0.2, 0.25) is 0 Å². The molecule has 16 heavy (non-hydrogen) atoms. The minimum Gasteiger partial charge on any atom is -0.740 e. The lowest BCUT2D eigenvalue weighted by molar-refractivity contribution is -0.600. The fourth-order valence-corrected chi connectivity index (χ4v) is 2.14. The molecule has 0 unspecified atom stereocenters. The first-order valence-electron chi connectivity index (χ1n) is 5.57. The van der Waals surface area contributed by atoms with Crippen LogP contribution in [0.3, 0.4) is 0 Å². The van der Waals surface area contributed by atoms with Crippen LogP contribution in [0.15, 0.2) is 0 Å². The molecule has 0 fully saturated rings. The van der Waals surface area contributed by atoms with Gasteiger partial charge in [-0.15, -0.1) is 0 Å². The second-order valence-electron chi connectivity index (χ2n) is 4.22. The van der Waals surface area contributed by atoms with E-state index in [4.69, 9.17) is 11.1 Å². The smallest absolute Gasteiger partial charge is 0.390 e. The summed E-state index contributed by atoms with van der Waals surface area (Å²) in [5.41, 5.74) is 8.16. The fraction of sp³-hybridized carbons (Fsp3) is 0.545. The Balaban J connectivity index is 2.59. The molecule has 0 spiro atoms. The Labute approximate surface area is 94.4 Å². The van der Waals surface area contributed by atoms with Crippen LogP contribution >= 0.6 is 0 Å². The lowest BCUT2D eigenvalue weighted by atomic mass is 9.95. The topological polar surface area (TPSA) is 89.7 Å². The number of hydrogen-bond donors (Lipinski definition) is 2. The predicted molar refractivity (Wildman–Crippen MR) is 61.3 cm³/mol. The van der Waals surface area contributed by atoms with Crippen molar-refractivity contribution < 1.29 is 4.73 Å². The van der Waals surface area contributed by atoms with Crippen molar-refractivity contribution in [1.82, 2.24) is 4.98 Å². The van der Waals surface area contributed by atoms with Gasteiger partial charge in [0, 0.05) is 5.56 Å². The zero-order chi connectivity index (χ0) is 11.7. The maximum Gasteiger partial charge on any atom is 0.390 e. The standard InChI is InChI=1S/C11H16N4O/c1-7-8-5-3-2-4-6-9(12)10(8)14-11(13)15(7)16/h12H,2-6H2,1H3,(H2,13,14). The monoisotopic (exact) mass is 220 g/mol. The minimum atomic E-state index is -0.0541. The molecule has 5 heteroatoms. The highest BCUT2D eigenvalue weighted by atomic mass is 16.5. The van der Waals surface area contributed by atoms with Gasteiger partial charge < -0.3 is 10.6 Å². The van der Waals surface area contributed by atoms with Crippen molar-refractivity contribution in [2.45, 2.75) is 39.0 Å². The van der Waals surface area contributed by atoms with Gasteiger partial charge in [0.1, 0.15) is 0 Å². The molecular formula is C11H16N4O. The first-order valence-corrected chi connectivity index (χ1v) is 5.57. The van der Waals surface area contributed by atoms with E-state index in [1.807, 2.05) is 0 Å². The van der Waals surface area contributed by atoms with Crippen molar-refractivity contribution in [2.24, 2.45) is 0 Å². The summed E-state index contributed by atoms with van der Waals surface area (Å²) in [5, 5.41) is 19.5. The Hall–Kier alpha value is -1.65. The molecule has 0 aliphatic heterocycles. The van der Waals surface area contributed by atoms with Crippen molar-refractivity contribution in [1.29, 1.82) is 5.41 Å². The highest BCUT2D eigenvalue weighted by Crippen LogP contribution is 2.20. The number of anilines is 1. The van der Waals surface area contributed by atoms with Crippen LogP contribution < -0.4 is 10.5 Å². The van der Waals surface area contributed by atoms with Crippen molar-refractivity contribution in [3.63, 3.8) is 0 Å². The molecule has 2 rings (SSSR count). The van der Waals surface area contributed by atoms with Gasteiger partial charge in [0.2, 0.25) is 0 Å². The number of nitrogens with one attached hydrogen (secondary N) is 1. The molecule has 5 nitrogen and oxygen atoms in total. The second kappa shape index (κ2) is 4.08. The van der Waals surface area contributed by atoms with E-state index < -0.39 is 0 Å². The van der Waals surface area contributed by atoms with Crippen LogP contribution in [-0.4, -0.2) is 10.7 Å². The van der Waals surface area contributed by atoms with Gasteiger partial charge in [-0.2, -0.15) is 0 Å². The van der Waals surface area contributed by atoms with Gasteiger partial charge in [-0.3, -0.25) is 5.73 Å². The summed E-state index contributed by atoms with van der Waals surface area (Å²) >= 11 is 0. The van der Waals surface area contributed by atoms with E-state index in [1.54, 1.807) is 6.92 Å². The number of rotatable bonds is 0. The van der Waals surface area contributed by atoms with Gasteiger partial charge in [0.15, 0.2) is 5.69 Å². The SMILES string of the molecule is Cc1c2c(nc(N)[n+]1[O-])C(=N)CCCCC2. The second-order valence-corrected chi connectivity index (χ2v) is 4.22. The third kappa shape index (κ3) is 1.73. The zero-order valence-corrected chi connectivity index (χ0v) is 9.42. The first kappa shape index (κ1) is 10.9. The number of aromatic nitrogens is 2. The number of nitrogens with zero attached hydrogens (tertiary/aromatic N) is 2. The number of hydrogen-bond acceptors (Lipinski definition) is 4. The van der Waals surface area contributed by atoms with Crippen molar-refractivity contribution >= 4 is 11.7 Å². The van der Waals surface area contributed by atoms with Crippen LogP contribution in [0.4, 0.5) is 5.95 Å². The number of fused-ring (bicyclic) bond motifs is 1. The maximum absolute atomic E-state index is 11.6. The molecule has 0 saturated carbocycles. The molecule has 3 N–H and O–H groups in total. The maximum atomic E-state index is 11.6. The average molecular weight is 220 g/mol. The van der Waals surface area contributed by atoms with E-state index in [2.05, 4.69) is 4.98 Å². The highest BCUT2D eigenvalue weighted by Gasteiger charge is 2.21. The number of nitrogen functional groups attached to an aromatic ring is 1. The molecule has 1 heterocycles. The Morgan fingerprint density at radius 3 is 2.75 bits per heavy atom. The van der Waals surface area contributed by atoms with E-state index in [0.717, 1.165) is 37.7 Å². The van der Waals surface area contributed by atoms with Gasteiger partial charge in [0.25, 0.3) is 0 Å². The molecule has 86 valence electrons. The molecule has 0 aromatic carbocycles. The first-order chi connectivity index (χ1) is 7.61. The summed E-state index contributed by atoms with van der Waals surface area (Å²) in [7, 11) is 0. The Morgan fingerprint density at radius 2 is 2.00 bits per heavy atom. The lowest BCUT2D eigenvalue weighted by Gasteiger charge is -2.17. The summed E-state index contributed by atoms with van der Waals surface area (Å²) < 4.78 is 0.660. The Kier molecular flexibility index (Phi) is 2.77. The molecule has 0 bridgehead atoms. The largest absolute Gasteiger partial charge is 0.740 e. The van der Waals surface area contributed by atoms with Gasteiger partial charge in [-0.1, -0.05) is 11.4 Å². The molecule has 1 aliphatic carbocycles. The third-order valence-electron chi connectivity index (χ3n) is 3.10. The quantitative estimate of drug-likeness (QED) is 0.506. The van der Waals surface area contributed by atoms with Crippen LogP contribution in [-0.2, 0) is 6.42 Å². The molecule has 1 aliphatic rings. The van der Waals surface area contributed by atoms with E-state index in [1.165, 1.54) is 0 Å². The summed E-state index contributed by atoms with van der Waals surface area (Å²) in [5.74, 6) is -0.0541. The van der Waals surface area contributed by atoms with Crippen molar-refractivity contribution in [2.75, 3.05) is 5.73 Å². The van der Waals surface area contributed by atoms with Crippen molar-refractivity contribution in [3.8, 4) is 0 Å². The highest BCUT2D eigenvalue weighted by molar-refractivity contribution is 5.98. The van der Waals surface area contributed by atoms with Crippen LogP contribution in [0, 0.1) is 17.5 Å². The van der Waals surface area contributed by atoms with Crippen molar-refractivity contribution in [3.05, 3.63) is 22.2 Å². The van der Waals surface area contributed by atoms with Crippen LogP contribution in [0.1, 0.15) is 42.6 Å². The van der Waals surface area contributed by atoms with Gasteiger partial charge in [0.05, 0.1) is 11.4 Å². The molecule has 1 aromatic rings. The van der Waals surface area contributed by atoms with E-state index in [9.17, 15) is 5.21 Å². The van der Waals surface area contributed by atoms with Crippen LogP contribution in [0.25, 0.3) is 0 Å². The third-order valence-corrected chi connectivity index (χ3v) is 3.10. The summed E-state index contributed by atoms with van der Waals surface area (Å²) in [4.78, 5) is 4.06. The minimum absolute atomic E-state index is 0.0541. The molecule has 0 radical (unpaired) electrons. The van der Waals surface area contributed by atoms with E-state index in [-0.39, 0.29) is 5.95 Å². The van der Waals surface area contributed by atoms with Crippen LogP contribution in [0.5, 0.6) is 0 Å². The van der Waals surface area contributed by atoms with Gasteiger partial charge in [-0.25, -0.2) is 4.73 Å². The molecular weight excluding hydrogens is 204 g/mol. The number of nitrogens with two attached hydrogens (primary N) is 1. The predicted octanol–water partition coefficient (Wildman–Crippen LogP) is 1.09. The Morgan fingerprint density at radius 1 is 1.31 bits per heavy atom. The molecule has 0 atom stereocenters. The van der Waals surface area contributed by atoms with Gasteiger partial charge in [-0.05, 0) is 32.6 Å². The van der Waals surface area contributed by atoms with E-state index >= 15 is 0 Å². The van der Waals surface area contributed by atoms with E-state index in [0.29, 0.717) is 21.8 Å².